The predicted octanol–water partition coefficient (Wildman–Crippen LogP) is 3.39. The molecule has 2 heterocycles. The van der Waals surface area contributed by atoms with E-state index < -0.39 is 44.8 Å². The van der Waals surface area contributed by atoms with E-state index in [1.165, 1.54) is 17.4 Å². The van der Waals surface area contributed by atoms with Gasteiger partial charge in [-0.3, -0.25) is 5.10 Å². The van der Waals surface area contributed by atoms with Crippen LogP contribution in [0.5, 0.6) is 11.5 Å². The molecule has 2 aromatic carbocycles. The number of rotatable bonds is 8. The highest BCUT2D eigenvalue weighted by molar-refractivity contribution is 7.88. The van der Waals surface area contributed by atoms with Crippen molar-refractivity contribution in [3.8, 4) is 11.5 Å². The first-order valence-electron chi connectivity index (χ1n) is 9.60. The van der Waals surface area contributed by atoms with Crippen molar-refractivity contribution < 1.29 is 30.7 Å². The molecule has 0 amide bonds. The quantitative estimate of drug-likeness (QED) is 0.360. The molecule has 0 unspecified atom stereocenters. The van der Waals surface area contributed by atoms with Crippen LogP contribution >= 0.6 is 0 Å². The number of ether oxygens (including phenoxy) is 1. The number of nitrogens with zero attached hydrogens (tertiary/aromatic N) is 4. The smallest absolute Gasteiger partial charge is 0.208 e. The van der Waals surface area contributed by atoms with Gasteiger partial charge >= 0.3 is 0 Å². The van der Waals surface area contributed by atoms with E-state index in [9.17, 15) is 21.6 Å². The number of anilines is 2. The van der Waals surface area contributed by atoms with Crippen LogP contribution in [0.2, 0.25) is 0 Å². The van der Waals surface area contributed by atoms with Crippen molar-refractivity contribution in [2.45, 2.75) is 0 Å². The standard InChI is InChI=1S/C20H16F4N6O3S/c1-34(31,32)28-4-5-30(20-12-9-27-29-19(12)25-10-26-20)16-7-15(24)18(8-13(16)22)33-17-3-2-11(21)6-14(17)23/h2-3,6-10,28H,4-5H2,1H3,(H,25,26,27,29). The summed E-state index contributed by atoms with van der Waals surface area (Å²) in [5.41, 5.74) is 0.0135. The van der Waals surface area contributed by atoms with Crippen molar-refractivity contribution in [2.24, 2.45) is 0 Å². The van der Waals surface area contributed by atoms with E-state index in [-0.39, 0.29) is 24.6 Å². The second-order valence-corrected chi connectivity index (χ2v) is 8.89. The zero-order valence-electron chi connectivity index (χ0n) is 17.4. The molecule has 0 aliphatic carbocycles. The van der Waals surface area contributed by atoms with Gasteiger partial charge in [-0.05, 0) is 12.1 Å². The van der Waals surface area contributed by atoms with Gasteiger partial charge in [-0.15, -0.1) is 0 Å². The number of H-pyrrole nitrogens is 1. The summed E-state index contributed by atoms with van der Waals surface area (Å²) in [7, 11) is -3.56. The fraction of sp³-hybridized carbons (Fsp3) is 0.150. The molecule has 14 heteroatoms. The Morgan fingerprint density at radius 2 is 1.79 bits per heavy atom. The Balaban J connectivity index is 1.73. The van der Waals surface area contributed by atoms with Gasteiger partial charge in [0.15, 0.2) is 34.6 Å². The third kappa shape index (κ3) is 5.07. The lowest BCUT2D eigenvalue weighted by Gasteiger charge is -2.25. The Morgan fingerprint density at radius 1 is 1.03 bits per heavy atom. The van der Waals surface area contributed by atoms with Crippen LogP contribution in [0.25, 0.3) is 11.0 Å². The van der Waals surface area contributed by atoms with Gasteiger partial charge in [-0.25, -0.2) is 40.7 Å². The molecule has 4 aromatic rings. The first kappa shape index (κ1) is 23.4. The van der Waals surface area contributed by atoms with E-state index in [4.69, 9.17) is 4.74 Å². The molecule has 178 valence electrons. The third-order valence-corrected chi connectivity index (χ3v) is 5.32. The average Bonchev–Trinajstić information content (AvgIpc) is 3.24. The van der Waals surface area contributed by atoms with Crippen molar-refractivity contribution in [3.05, 3.63) is 66.1 Å². The maximum absolute atomic E-state index is 15.2. The van der Waals surface area contributed by atoms with Crippen LogP contribution < -0.4 is 14.4 Å². The molecule has 0 fully saturated rings. The van der Waals surface area contributed by atoms with Crippen LogP contribution in [0.1, 0.15) is 0 Å². The highest BCUT2D eigenvalue weighted by Crippen LogP contribution is 2.35. The molecule has 9 nitrogen and oxygen atoms in total. The van der Waals surface area contributed by atoms with Crippen LogP contribution in [0.3, 0.4) is 0 Å². The van der Waals surface area contributed by atoms with E-state index in [1.807, 2.05) is 0 Å². The number of sulfonamides is 1. The lowest BCUT2D eigenvalue weighted by Crippen LogP contribution is -2.33. The molecule has 0 spiro atoms. The van der Waals surface area contributed by atoms with Gasteiger partial charge in [0, 0.05) is 31.3 Å². The largest absolute Gasteiger partial charge is 0.451 e. The number of hydrogen-bond acceptors (Lipinski definition) is 7. The molecule has 0 aliphatic heterocycles. The molecular formula is C20H16F4N6O3S. The zero-order chi connectivity index (χ0) is 24.5. The molecule has 2 aromatic heterocycles. The van der Waals surface area contributed by atoms with Gasteiger partial charge in [0.1, 0.15) is 18.0 Å². The van der Waals surface area contributed by atoms with Crippen molar-refractivity contribution >= 4 is 32.6 Å². The summed E-state index contributed by atoms with van der Waals surface area (Å²) >= 11 is 0. The van der Waals surface area contributed by atoms with Gasteiger partial charge in [0.25, 0.3) is 0 Å². The first-order valence-corrected chi connectivity index (χ1v) is 11.5. The first-order chi connectivity index (χ1) is 16.1. The highest BCUT2D eigenvalue weighted by Gasteiger charge is 2.22. The van der Waals surface area contributed by atoms with Crippen LogP contribution in [-0.2, 0) is 10.0 Å². The molecule has 4 rings (SSSR count). The number of halogens is 4. The summed E-state index contributed by atoms with van der Waals surface area (Å²) in [5.74, 6) is -5.01. The topological polar surface area (TPSA) is 113 Å². The summed E-state index contributed by atoms with van der Waals surface area (Å²) in [4.78, 5) is 9.35. The molecule has 0 saturated carbocycles. The summed E-state index contributed by atoms with van der Waals surface area (Å²) in [5, 5.41) is 6.86. The maximum atomic E-state index is 15.2. The van der Waals surface area contributed by atoms with Crippen molar-refractivity contribution in [2.75, 3.05) is 24.2 Å². The van der Waals surface area contributed by atoms with Gasteiger partial charge in [-0.1, -0.05) is 0 Å². The van der Waals surface area contributed by atoms with Crippen molar-refractivity contribution in [3.63, 3.8) is 0 Å². The van der Waals surface area contributed by atoms with Crippen LogP contribution in [0.15, 0.2) is 42.9 Å². The summed E-state index contributed by atoms with van der Waals surface area (Å²) in [6.45, 7) is -0.310. The minimum absolute atomic E-state index is 0.130. The second kappa shape index (κ2) is 9.23. The lowest BCUT2D eigenvalue weighted by atomic mass is 10.2. The lowest BCUT2D eigenvalue weighted by molar-refractivity contribution is 0.408. The fourth-order valence-electron chi connectivity index (χ4n) is 3.13. The molecule has 0 saturated heterocycles. The molecule has 0 radical (unpaired) electrons. The SMILES string of the molecule is CS(=O)(=O)NCCN(c1cc(F)c(Oc2ccc(F)cc2F)cc1F)c1ncnc2[nH]ncc12. The number of aromatic amines is 1. The molecule has 0 bridgehead atoms. The third-order valence-electron chi connectivity index (χ3n) is 4.59. The molecule has 0 aliphatic rings. The van der Waals surface area contributed by atoms with E-state index in [2.05, 4.69) is 24.9 Å². The number of nitrogens with one attached hydrogen (secondary N) is 2. The normalized spacial score (nSPS) is 11.7. The minimum Gasteiger partial charge on any atom is -0.451 e. The van der Waals surface area contributed by atoms with Crippen molar-refractivity contribution in [1.82, 2.24) is 24.9 Å². The molecule has 0 atom stereocenters. The Hall–Kier alpha value is -3.78. The minimum atomic E-state index is -3.56. The second-order valence-electron chi connectivity index (χ2n) is 7.06. The molecule has 34 heavy (non-hydrogen) atoms. The summed E-state index contributed by atoms with van der Waals surface area (Å²) < 4.78 is 87.4. The summed E-state index contributed by atoms with van der Waals surface area (Å²) in [6.07, 6.45) is 3.51. The predicted molar refractivity (Wildman–Crippen MR) is 114 cm³/mol. The van der Waals surface area contributed by atoms with Gasteiger partial charge in [0.05, 0.1) is 23.5 Å². The van der Waals surface area contributed by atoms with Crippen molar-refractivity contribution in [1.29, 1.82) is 0 Å². The number of benzene rings is 2. The number of hydrogen-bond donors (Lipinski definition) is 2. The van der Waals surface area contributed by atoms with E-state index in [1.54, 1.807) is 0 Å². The number of fused-ring (bicyclic) bond motifs is 1. The average molecular weight is 496 g/mol. The van der Waals surface area contributed by atoms with Gasteiger partial charge in [-0.2, -0.15) is 5.10 Å². The van der Waals surface area contributed by atoms with E-state index >= 15 is 4.39 Å². The van der Waals surface area contributed by atoms with Gasteiger partial charge < -0.3 is 9.64 Å². The number of aromatic nitrogens is 4. The monoisotopic (exact) mass is 496 g/mol. The van der Waals surface area contributed by atoms with E-state index in [0.717, 1.165) is 24.5 Å². The van der Waals surface area contributed by atoms with Crippen LogP contribution in [0.4, 0.5) is 29.1 Å². The Bertz CT molecular complexity index is 1460. The Morgan fingerprint density at radius 3 is 2.53 bits per heavy atom. The van der Waals surface area contributed by atoms with Gasteiger partial charge in [0.2, 0.25) is 10.0 Å². The highest BCUT2D eigenvalue weighted by atomic mass is 32.2. The van der Waals surface area contributed by atoms with Crippen LogP contribution in [0, 0.1) is 23.3 Å². The molecular weight excluding hydrogens is 480 g/mol. The van der Waals surface area contributed by atoms with E-state index in [0.29, 0.717) is 23.2 Å². The maximum Gasteiger partial charge on any atom is 0.208 e. The Labute approximate surface area is 190 Å². The zero-order valence-corrected chi connectivity index (χ0v) is 18.2. The Kier molecular flexibility index (Phi) is 6.34. The fourth-order valence-corrected chi connectivity index (χ4v) is 3.59. The molecule has 2 N–H and O–H groups in total. The summed E-state index contributed by atoms with van der Waals surface area (Å²) in [6, 6.07) is 3.87. The van der Waals surface area contributed by atoms with Crippen LogP contribution in [-0.4, -0.2) is 47.9 Å².